The Bertz CT molecular complexity index is 448. The number of rotatable bonds is 8. The number of nitrogens with one attached hydrogen (secondary N) is 1. The summed E-state index contributed by atoms with van der Waals surface area (Å²) in [5, 5.41) is 3.20. The summed E-state index contributed by atoms with van der Waals surface area (Å²) in [6.45, 7) is 5.15. The standard InChI is InChI=1S/C16H24N2O3/c1-4-17-13(2)10-15(19)18(12-16(20)21-3)11-14-8-6-5-7-9-14/h5-9,13,17H,4,10-12H2,1-3H3. The Morgan fingerprint density at radius 2 is 1.95 bits per heavy atom. The van der Waals surface area contributed by atoms with Crippen LogP contribution in [-0.4, -0.2) is 43.0 Å². The number of methoxy groups -OCH3 is 1. The van der Waals surface area contributed by atoms with Crippen molar-refractivity contribution in [3.8, 4) is 0 Å². The van der Waals surface area contributed by atoms with Gasteiger partial charge >= 0.3 is 5.97 Å². The lowest BCUT2D eigenvalue weighted by molar-refractivity contribution is -0.147. The van der Waals surface area contributed by atoms with Gasteiger partial charge in [0.1, 0.15) is 6.54 Å². The van der Waals surface area contributed by atoms with Crippen LogP contribution in [0, 0.1) is 0 Å². The highest BCUT2D eigenvalue weighted by molar-refractivity contribution is 5.82. The van der Waals surface area contributed by atoms with Crippen LogP contribution in [-0.2, 0) is 20.9 Å². The van der Waals surface area contributed by atoms with Gasteiger partial charge in [-0.2, -0.15) is 0 Å². The molecule has 0 saturated carbocycles. The molecule has 0 aliphatic carbocycles. The molecule has 1 unspecified atom stereocenters. The molecule has 0 bridgehead atoms. The minimum atomic E-state index is -0.407. The van der Waals surface area contributed by atoms with Gasteiger partial charge in [0.05, 0.1) is 7.11 Å². The summed E-state index contributed by atoms with van der Waals surface area (Å²) in [5.74, 6) is -0.465. The van der Waals surface area contributed by atoms with Crippen LogP contribution in [0.3, 0.4) is 0 Å². The summed E-state index contributed by atoms with van der Waals surface area (Å²) in [6.07, 6.45) is 0.359. The highest BCUT2D eigenvalue weighted by Gasteiger charge is 2.19. The fraction of sp³-hybridized carbons (Fsp3) is 0.500. The Kier molecular flexibility index (Phi) is 7.46. The van der Waals surface area contributed by atoms with E-state index in [1.54, 1.807) is 0 Å². The molecule has 21 heavy (non-hydrogen) atoms. The second kappa shape index (κ2) is 9.13. The molecular weight excluding hydrogens is 268 g/mol. The molecule has 0 fully saturated rings. The van der Waals surface area contributed by atoms with E-state index in [9.17, 15) is 9.59 Å². The van der Waals surface area contributed by atoms with Gasteiger partial charge in [0.15, 0.2) is 0 Å². The predicted octanol–water partition coefficient (Wildman–Crippen LogP) is 1.58. The SMILES string of the molecule is CCNC(C)CC(=O)N(CC(=O)OC)Cc1ccccc1. The van der Waals surface area contributed by atoms with Crippen molar-refractivity contribution >= 4 is 11.9 Å². The minimum Gasteiger partial charge on any atom is -0.468 e. The van der Waals surface area contributed by atoms with Crippen molar-refractivity contribution in [1.82, 2.24) is 10.2 Å². The number of hydrogen-bond acceptors (Lipinski definition) is 4. The maximum Gasteiger partial charge on any atom is 0.325 e. The number of amides is 1. The van der Waals surface area contributed by atoms with Crippen LogP contribution >= 0.6 is 0 Å². The summed E-state index contributed by atoms with van der Waals surface area (Å²) in [7, 11) is 1.33. The minimum absolute atomic E-state index is 0.0247. The monoisotopic (exact) mass is 292 g/mol. The summed E-state index contributed by atoms with van der Waals surface area (Å²) in [4.78, 5) is 25.4. The van der Waals surface area contributed by atoms with Crippen LogP contribution in [0.5, 0.6) is 0 Å². The van der Waals surface area contributed by atoms with Crippen molar-refractivity contribution in [2.45, 2.75) is 32.9 Å². The highest BCUT2D eigenvalue weighted by Crippen LogP contribution is 2.07. The van der Waals surface area contributed by atoms with E-state index in [4.69, 9.17) is 0 Å². The number of nitrogens with zero attached hydrogens (tertiary/aromatic N) is 1. The summed E-state index contributed by atoms with van der Waals surface area (Å²) < 4.78 is 4.67. The lowest BCUT2D eigenvalue weighted by Gasteiger charge is -2.23. The highest BCUT2D eigenvalue weighted by atomic mass is 16.5. The zero-order chi connectivity index (χ0) is 15.7. The van der Waals surface area contributed by atoms with Gasteiger partial charge in [-0.3, -0.25) is 9.59 Å². The molecular formula is C16H24N2O3. The molecule has 0 radical (unpaired) electrons. The summed E-state index contributed by atoms with van der Waals surface area (Å²) in [6, 6.07) is 9.70. The number of carbonyl (C=O) groups excluding carboxylic acids is 2. The van der Waals surface area contributed by atoms with Gasteiger partial charge in [0, 0.05) is 19.0 Å². The van der Waals surface area contributed by atoms with Crippen LogP contribution in [0.1, 0.15) is 25.8 Å². The molecule has 1 aromatic rings. The second-order valence-corrected chi connectivity index (χ2v) is 4.97. The third kappa shape index (κ3) is 6.40. The van der Waals surface area contributed by atoms with Crippen LogP contribution in [0.4, 0.5) is 0 Å². The Hall–Kier alpha value is -1.88. The third-order valence-electron chi connectivity index (χ3n) is 3.15. The quantitative estimate of drug-likeness (QED) is 0.739. The zero-order valence-electron chi connectivity index (χ0n) is 13.0. The Morgan fingerprint density at radius 3 is 2.52 bits per heavy atom. The van der Waals surface area contributed by atoms with Crippen LogP contribution in [0.25, 0.3) is 0 Å². The second-order valence-electron chi connectivity index (χ2n) is 4.97. The van der Waals surface area contributed by atoms with Gasteiger partial charge in [0.25, 0.3) is 0 Å². The number of benzene rings is 1. The van der Waals surface area contributed by atoms with Crippen LogP contribution in [0.15, 0.2) is 30.3 Å². The number of hydrogen-bond donors (Lipinski definition) is 1. The van der Waals surface area contributed by atoms with Crippen molar-refractivity contribution < 1.29 is 14.3 Å². The smallest absolute Gasteiger partial charge is 0.325 e. The van der Waals surface area contributed by atoms with E-state index in [2.05, 4.69) is 10.1 Å². The molecule has 1 rings (SSSR count). The van der Waals surface area contributed by atoms with E-state index in [1.807, 2.05) is 44.2 Å². The molecule has 1 aromatic carbocycles. The topological polar surface area (TPSA) is 58.6 Å². The zero-order valence-corrected chi connectivity index (χ0v) is 13.0. The van der Waals surface area contributed by atoms with E-state index in [1.165, 1.54) is 12.0 Å². The Balaban J connectivity index is 2.71. The number of carbonyl (C=O) groups is 2. The van der Waals surface area contributed by atoms with Gasteiger partial charge in [0.2, 0.25) is 5.91 Å². The van der Waals surface area contributed by atoms with Gasteiger partial charge < -0.3 is 15.0 Å². The van der Waals surface area contributed by atoms with Crippen molar-refractivity contribution in [2.24, 2.45) is 0 Å². The third-order valence-corrected chi connectivity index (χ3v) is 3.15. The maximum atomic E-state index is 12.4. The molecule has 0 aliphatic heterocycles. The summed E-state index contributed by atoms with van der Waals surface area (Å²) >= 11 is 0. The molecule has 116 valence electrons. The largest absolute Gasteiger partial charge is 0.468 e. The molecule has 5 nitrogen and oxygen atoms in total. The van der Waals surface area contributed by atoms with Gasteiger partial charge in [-0.25, -0.2) is 0 Å². The van der Waals surface area contributed by atoms with Crippen molar-refractivity contribution in [2.75, 3.05) is 20.2 Å². The fourth-order valence-corrected chi connectivity index (χ4v) is 2.07. The molecule has 1 amide bonds. The first kappa shape index (κ1) is 17.2. The molecule has 0 aromatic heterocycles. The molecule has 0 saturated heterocycles. The lowest BCUT2D eigenvalue weighted by atomic mass is 10.1. The van der Waals surface area contributed by atoms with E-state index < -0.39 is 5.97 Å². The molecule has 5 heteroatoms. The normalized spacial score (nSPS) is 11.8. The first-order valence-corrected chi connectivity index (χ1v) is 7.18. The van der Waals surface area contributed by atoms with E-state index in [0.717, 1.165) is 12.1 Å². The van der Waals surface area contributed by atoms with Crippen molar-refractivity contribution in [1.29, 1.82) is 0 Å². The molecule has 0 heterocycles. The first-order valence-electron chi connectivity index (χ1n) is 7.18. The lowest BCUT2D eigenvalue weighted by Crippen LogP contribution is -2.39. The average molecular weight is 292 g/mol. The molecule has 0 spiro atoms. The molecule has 0 aliphatic rings. The Labute approximate surface area is 126 Å². The molecule has 1 atom stereocenters. The predicted molar refractivity (Wildman–Crippen MR) is 81.6 cm³/mol. The van der Waals surface area contributed by atoms with E-state index in [-0.39, 0.29) is 18.5 Å². The van der Waals surface area contributed by atoms with E-state index in [0.29, 0.717) is 13.0 Å². The fourth-order valence-electron chi connectivity index (χ4n) is 2.07. The van der Waals surface area contributed by atoms with E-state index >= 15 is 0 Å². The van der Waals surface area contributed by atoms with Gasteiger partial charge in [-0.05, 0) is 19.0 Å². The molecule has 1 N–H and O–H groups in total. The first-order chi connectivity index (χ1) is 10.1. The van der Waals surface area contributed by atoms with Gasteiger partial charge in [-0.1, -0.05) is 37.3 Å². The van der Waals surface area contributed by atoms with Crippen LogP contribution < -0.4 is 5.32 Å². The van der Waals surface area contributed by atoms with Crippen molar-refractivity contribution in [3.63, 3.8) is 0 Å². The van der Waals surface area contributed by atoms with Crippen LogP contribution in [0.2, 0.25) is 0 Å². The average Bonchev–Trinajstić information content (AvgIpc) is 2.47. The van der Waals surface area contributed by atoms with Crippen molar-refractivity contribution in [3.05, 3.63) is 35.9 Å². The summed E-state index contributed by atoms with van der Waals surface area (Å²) in [5.41, 5.74) is 0.992. The van der Waals surface area contributed by atoms with Gasteiger partial charge in [-0.15, -0.1) is 0 Å². The number of esters is 1. The maximum absolute atomic E-state index is 12.4. The Morgan fingerprint density at radius 1 is 1.29 bits per heavy atom. The number of ether oxygens (including phenoxy) is 1.